The van der Waals surface area contributed by atoms with Crippen molar-refractivity contribution in [3.8, 4) is 0 Å². The minimum absolute atomic E-state index is 0.130. The number of carbonyl (C=O) groups excluding carboxylic acids is 1. The van der Waals surface area contributed by atoms with E-state index in [2.05, 4.69) is 15.8 Å². The highest BCUT2D eigenvalue weighted by Gasteiger charge is 2.03. The Kier molecular flexibility index (Phi) is 4.25. The Morgan fingerprint density at radius 3 is 2.78 bits per heavy atom. The molecule has 1 aromatic carbocycles. The third-order valence-corrected chi connectivity index (χ3v) is 3.08. The predicted molar refractivity (Wildman–Crippen MR) is 68.6 cm³/mol. The number of hydrazine groups is 1. The summed E-state index contributed by atoms with van der Waals surface area (Å²) >= 11 is 1.53. The van der Waals surface area contributed by atoms with Crippen LogP contribution in [0.4, 0.5) is 10.1 Å². The van der Waals surface area contributed by atoms with Crippen molar-refractivity contribution in [2.75, 3.05) is 5.43 Å². The van der Waals surface area contributed by atoms with Crippen LogP contribution in [0.3, 0.4) is 0 Å². The Balaban J connectivity index is 1.73. The van der Waals surface area contributed by atoms with Crippen molar-refractivity contribution in [2.45, 2.75) is 12.8 Å². The molecule has 0 aliphatic heterocycles. The fraction of sp³-hybridized carbons (Fsp3) is 0.167. The van der Waals surface area contributed by atoms with E-state index >= 15 is 0 Å². The van der Waals surface area contributed by atoms with Gasteiger partial charge in [0, 0.05) is 24.4 Å². The number of nitrogens with one attached hydrogen (secondary N) is 2. The quantitative estimate of drug-likeness (QED) is 0.816. The van der Waals surface area contributed by atoms with Crippen molar-refractivity contribution in [3.05, 3.63) is 46.7 Å². The molecule has 0 spiro atoms. The fourth-order valence-corrected chi connectivity index (χ4v) is 1.95. The second kappa shape index (κ2) is 6.11. The van der Waals surface area contributed by atoms with E-state index in [1.807, 2.05) is 5.38 Å². The minimum atomic E-state index is -0.310. The van der Waals surface area contributed by atoms with Gasteiger partial charge in [-0.25, -0.2) is 9.37 Å². The molecule has 94 valence electrons. The lowest BCUT2D eigenvalue weighted by molar-refractivity contribution is -0.120. The number of nitrogens with zero attached hydrogens (tertiary/aromatic N) is 1. The zero-order valence-electron chi connectivity index (χ0n) is 9.52. The van der Waals surface area contributed by atoms with E-state index in [0.717, 1.165) is 5.01 Å². The van der Waals surface area contributed by atoms with Crippen molar-refractivity contribution in [1.82, 2.24) is 10.4 Å². The Morgan fingerprint density at radius 2 is 2.11 bits per heavy atom. The number of halogens is 1. The van der Waals surface area contributed by atoms with E-state index in [-0.39, 0.29) is 11.7 Å². The maximum absolute atomic E-state index is 12.6. The van der Waals surface area contributed by atoms with Crippen molar-refractivity contribution in [1.29, 1.82) is 0 Å². The predicted octanol–water partition coefficient (Wildman–Crippen LogP) is 2.36. The van der Waals surface area contributed by atoms with E-state index in [0.29, 0.717) is 18.5 Å². The average molecular weight is 265 g/mol. The molecule has 0 aliphatic rings. The van der Waals surface area contributed by atoms with Crippen molar-refractivity contribution in [3.63, 3.8) is 0 Å². The van der Waals surface area contributed by atoms with Crippen LogP contribution in [0.2, 0.25) is 0 Å². The Labute approximate surface area is 108 Å². The SMILES string of the molecule is O=C(CCc1nccs1)NNc1ccc(F)cc1. The first-order valence-electron chi connectivity index (χ1n) is 5.43. The first kappa shape index (κ1) is 12.5. The van der Waals surface area contributed by atoms with Crippen LogP contribution in [-0.4, -0.2) is 10.9 Å². The summed E-state index contributed by atoms with van der Waals surface area (Å²) < 4.78 is 12.6. The number of amides is 1. The zero-order chi connectivity index (χ0) is 12.8. The molecule has 4 nitrogen and oxygen atoms in total. The molecule has 18 heavy (non-hydrogen) atoms. The Hall–Kier alpha value is -1.95. The number of rotatable bonds is 5. The van der Waals surface area contributed by atoms with Gasteiger partial charge in [0.25, 0.3) is 0 Å². The molecule has 0 unspecified atom stereocenters. The van der Waals surface area contributed by atoms with Gasteiger partial charge < -0.3 is 0 Å². The molecule has 0 aliphatic carbocycles. The molecule has 0 bridgehead atoms. The van der Waals surface area contributed by atoms with Crippen molar-refractivity contribution in [2.24, 2.45) is 0 Å². The molecule has 2 N–H and O–H groups in total. The first-order valence-corrected chi connectivity index (χ1v) is 6.31. The van der Waals surface area contributed by atoms with Gasteiger partial charge in [0.2, 0.25) is 5.91 Å². The third-order valence-electron chi connectivity index (χ3n) is 2.24. The van der Waals surface area contributed by atoms with Gasteiger partial charge in [0.1, 0.15) is 5.82 Å². The first-order chi connectivity index (χ1) is 8.74. The van der Waals surface area contributed by atoms with Crippen LogP contribution < -0.4 is 10.9 Å². The topological polar surface area (TPSA) is 54.0 Å². The summed E-state index contributed by atoms with van der Waals surface area (Å²) in [5, 5.41) is 2.82. The van der Waals surface area contributed by atoms with Crippen molar-refractivity contribution < 1.29 is 9.18 Å². The standard InChI is InChI=1S/C12H12FN3OS/c13-9-1-3-10(4-2-9)15-16-11(17)5-6-12-14-7-8-18-12/h1-4,7-8,15H,5-6H2,(H,16,17). The highest BCUT2D eigenvalue weighted by molar-refractivity contribution is 7.09. The molecule has 1 heterocycles. The van der Waals surface area contributed by atoms with Crippen LogP contribution in [0.1, 0.15) is 11.4 Å². The van der Waals surface area contributed by atoms with Gasteiger partial charge in [-0.05, 0) is 24.3 Å². The van der Waals surface area contributed by atoms with Crippen LogP contribution in [0.5, 0.6) is 0 Å². The molecule has 6 heteroatoms. The summed E-state index contributed by atoms with van der Waals surface area (Å²) in [5.74, 6) is -0.440. The number of carbonyl (C=O) groups is 1. The molecule has 1 aromatic heterocycles. The molecular formula is C12H12FN3OS. The lowest BCUT2D eigenvalue weighted by Crippen LogP contribution is -2.29. The maximum Gasteiger partial charge on any atom is 0.238 e. The third kappa shape index (κ3) is 3.81. The van der Waals surface area contributed by atoms with Crippen LogP contribution >= 0.6 is 11.3 Å². The van der Waals surface area contributed by atoms with E-state index in [1.165, 1.54) is 23.5 Å². The number of aryl methyl sites for hydroxylation is 1. The van der Waals surface area contributed by atoms with E-state index in [1.54, 1.807) is 18.3 Å². The molecule has 0 atom stereocenters. The summed E-state index contributed by atoms with van der Waals surface area (Å²) in [7, 11) is 0. The molecule has 0 radical (unpaired) electrons. The zero-order valence-corrected chi connectivity index (χ0v) is 10.3. The van der Waals surface area contributed by atoms with Crippen LogP contribution in [0, 0.1) is 5.82 Å². The monoisotopic (exact) mass is 265 g/mol. The molecule has 0 saturated heterocycles. The smallest absolute Gasteiger partial charge is 0.238 e. The number of hydrogen-bond acceptors (Lipinski definition) is 4. The molecule has 0 saturated carbocycles. The lowest BCUT2D eigenvalue weighted by atomic mass is 10.3. The minimum Gasteiger partial charge on any atom is -0.299 e. The largest absolute Gasteiger partial charge is 0.299 e. The van der Waals surface area contributed by atoms with Crippen LogP contribution in [0.15, 0.2) is 35.8 Å². The summed E-state index contributed by atoms with van der Waals surface area (Å²) in [4.78, 5) is 15.6. The van der Waals surface area contributed by atoms with Gasteiger partial charge in [-0.1, -0.05) is 0 Å². The normalized spacial score (nSPS) is 10.1. The molecule has 1 amide bonds. The number of benzene rings is 1. The lowest BCUT2D eigenvalue weighted by Gasteiger charge is -2.07. The molecular weight excluding hydrogens is 253 g/mol. The fourth-order valence-electron chi connectivity index (χ4n) is 1.33. The number of anilines is 1. The second-order valence-electron chi connectivity index (χ2n) is 3.61. The van der Waals surface area contributed by atoms with Gasteiger partial charge >= 0.3 is 0 Å². The number of hydrogen-bond donors (Lipinski definition) is 2. The van der Waals surface area contributed by atoms with E-state index in [9.17, 15) is 9.18 Å². The summed E-state index contributed by atoms with van der Waals surface area (Å²) in [6.07, 6.45) is 2.70. The van der Waals surface area contributed by atoms with Gasteiger partial charge in [-0.2, -0.15) is 0 Å². The molecule has 2 rings (SSSR count). The summed E-state index contributed by atoms with van der Waals surface area (Å²) in [6.45, 7) is 0. The average Bonchev–Trinajstić information content (AvgIpc) is 2.89. The second-order valence-corrected chi connectivity index (χ2v) is 4.59. The number of thiazole rings is 1. The van der Waals surface area contributed by atoms with Gasteiger partial charge in [-0.3, -0.25) is 15.6 Å². The maximum atomic E-state index is 12.6. The highest BCUT2D eigenvalue weighted by atomic mass is 32.1. The Bertz CT molecular complexity index is 499. The highest BCUT2D eigenvalue weighted by Crippen LogP contribution is 2.08. The van der Waals surface area contributed by atoms with E-state index in [4.69, 9.17) is 0 Å². The molecule has 0 fully saturated rings. The summed E-state index contributed by atoms with van der Waals surface area (Å²) in [6, 6.07) is 5.75. The van der Waals surface area contributed by atoms with Crippen LogP contribution in [0.25, 0.3) is 0 Å². The van der Waals surface area contributed by atoms with Crippen LogP contribution in [-0.2, 0) is 11.2 Å². The van der Waals surface area contributed by atoms with Gasteiger partial charge in [0.15, 0.2) is 0 Å². The van der Waals surface area contributed by atoms with Gasteiger partial charge in [0.05, 0.1) is 10.7 Å². The number of aromatic nitrogens is 1. The summed E-state index contributed by atoms with van der Waals surface area (Å²) in [5.41, 5.74) is 5.90. The van der Waals surface area contributed by atoms with Crippen molar-refractivity contribution >= 4 is 22.9 Å². The Morgan fingerprint density at radius 1 is 1.33 bits per heavy atom. The van der Waals surface area contributed by atoms with E-state index < -0.39 is 0 Å². The van der Waals surface area contributed by atoms with Gasteiger partial charge in [-0.15, -0.1) is 11.3 Å². The molecule has 2 aromatic rings.